The highest BCUT2D eigenvalue weighted by molar-refractivity contribution is 5.91. The molecule has 1 aliphatic carbocycles. The minimum Gasteiger partial charge on any atom is -0.312 e. The number of nitrogens with zero attached hydrogens (tertiary/aromatic N) is 4. The highest BCUT2D eigenvalue weighted by Crippen LogP contribution is 2.32. The summed E-state index contributed by atoms with van der Waals surface area (Å²) >= 11 is 0. The van der Waals surface area contributed by atoms with Gasteiger partial charge in [0.2, 0.25) is 0 Å². The lowest BCUT2D eigenvalue weighted by atomic mass is 9.85. The van der Waals surface area contributed by atoms with E-state index in [2.05, 4.69) is 22.1 Å². The first-order chi connectivity index (χ1) is 13.6. The van der Waals surface area contributed by atoms with Crippen LogP contribution in [0.5, 0.6) is 0 Å². The summed E-state index contributed by atoms with van der Waals surface area (Å²) in [6.45, 7) is 2.21. The Morgan fingerprint density at radius 1 is 1.00 bits per heavy atom. The zero-order valence-electron chi connectivity index (χ0n) is 15.6. The van der Waals surface area contributed by atoms with Crippen LogP contribution in [0.4, 0.5) is 0 Å². The molecule has 28 heavy (non-hydrogen) atoms. The summed E-state index contributed by atoms with van der Waals surface area (Å²) in [6, 6.07) is 7.29. The molecule has 1 aliphatic rings. The van der Waals surface area contributed by atoms with Crippen molar-refractivity contribution in [3.63, 3.8) is 0 Å². The fraction of sp³-hybridized carbons (Fsp3) is 0.333. The largest absolute Gasteiger partial charge is 0.312 e. The Bertz CT molecular complexity index is 1290. The van der Waals surface area contributed by atoms with Crippen LogP contribution in [0.3, 0.4) is 0 Å². The number of pyridine rings is 3. The Hall–Kier alpha value is -3.22. The molecule has 0 aliphatic heterocycles. The van der Waals surface area contributed by atoms with Gasteiger partial charge in [-0.15, -0.1) is 0 Å². The lowest BCUT2D eigenvalue weighted by molar-refractivity contribution is 0.253. The Labute approximate surface area is 160 Å². The molecule has 1 saturated carbocycles. The first kappa shape index (κ1) is 16.9. The molecule has 0 spiro atoms. The predicted molar refractivity (Wildman–Crippen MR) is 108 cm³/mol. The van der Waals surface area contributed by atoms with Crippen molar-refractivity contribution in [2.24, 2.45) is 5.92 Å². The normalized spacial score (nSPS) is 20.0. The van der Waals surface area contributed by atoms with Crippen LogP contribution in [0.25, 0.3) is 27.6 Å². The number of fused-ring (bicyclic) bond motifs is 2. The van der Waals surface area contributed by atoms with Gasteiger partial charge < -0.3 is 4.57 Å². The molecule has 0 bridgehead atoms. The average Bonchev–Trinajstić information content (AvgIpc) is 3.23. The number of hydrogen-bond acceptors (Lipinski definition) is 4. The second kappa shape index (κ2) is 6.44. The fourth-order valence-corrected chi connectivity index (χ4v) is 4.38. The van der Waals surface area contributed by atoms with Gasteiger partial charge >= 0.3 is 0 Å². The number of aromatic amines is 1. The van der Waals surface area contributed by atoms with Crippen LogP contribution in [-0.4, -0.2) is 24.3 Å². The standard InChI is InChI=1S/C21H21N5O2/c1-13-4-2-3-5-18(13)25-10-7-16-14(20(25)27)12-15-17(23-16)8-11-26(21(15)28)19-6-9-22-24-19/h6-13,18H,2-5H2,1H3,(H,22,24)/t13-,18-/m0/s1. The maximum absolute atomic E-state index is 13.2. The van der Waals surface area contributed by atoms with Crippen molar-refractivity contribution in [3.8, 4) is 5.82 Å². The van der Waals surface area contributed by atoms with Gasteiger partial charge in [0, 0.05) is 24.5 Å². The Morgan fingerprint density at radius 2 is 1.75 bits per heavy atom. The van der Waals surface area contributed by atoms with Crippen molar-refractivity contribution >= 4 is 21.8 Å². The zero-order chi connectivity index (χ0) is 19.3. The highest BCUT2D eigenvalue weighted by Gasteiger charge is 2.24. The van der Waals surface area contributed by atoms with Crippen LogP contribution in [-0.2, 0) is 0 Å². The van der Waals surface area contributed by atoms with Gasteiger partial charge in [0.25, 0.3) is 11.1 Å². The predicted octanol–water partition coefficient (Wildman–Crippen LogP) is 3.17. The maximum Gasteiger partial charge on any atom is 0.265 e. The SMILES string of the molecule is C[C@H]1CCCC[C@@H]1n1ccc2nc3ccn(-c4ccn[nH]4)c(=O)c3cc2c1=O. The third-order valence-corrected chi connectivity index (χ3v) is 5.94. The molecule has 2 atom stereocenters. The molecule has 1 N–H and O–H groups in total. The zero-order valence-corrected chi connectivity index (χ0v) is 15.6. The minimum absolute atomic E-state index is 0.0676. The molecule has 0 unspecified atom stereocenters. The molecular weight excluding hydrogens is 354 g/mol. The molecule has 4 aromatic heterocycles. The van der Waals surface area contributed by atoms with Crippen molar-refractivity contribution in [1.82, 2.24) is 24.3 Å². The maximum atomic E-state index is 13.2. The molecule has 5 rings (SSSR count). The topological polar surface area (TPSA) is 85.6 Å². The molecule has 7 nitrogen and oxygen atoms in total. The van der Waals surface area contributed by atoms with Gasteiger partial charge in [0.1, 0.15) is 5.82 Å². The van der Waals surface area contributed by atoms with Crippen LogP contribution in [0.1, 0.15) is 38.6 Å². The molecule has 4 heterocycles. The van der Waals surface area contributed by atoms with E-state index in [1.165, 1.54) is 11.0 Å². The van der Waals surface area contributed by atoms with E-state index in [1.54, 1.807) is 30.6 Å². The number of H-pyrrole nitrogens is 1. The molecule has 0 radical (unpaired) electrons. The van der Waals surface area contributed by atoms with Gasteiger partial charge in [-0.1, -0.05) is 19.8 Å². The fourth-order valence-electron chi connectivity index (χ4n) is 4.38. The van der Waals surface area contributed by atoms with Crippen LogP contribution < -0.4 is 11.1 Å². The second-order valence-electron chi connectivity index (χ2n) is 7.64. The Balaban J connectivity index is 1.73. The van der Waals surface area contributed by atoms with Crippen LogP contribution in [0, 0.1) is 5.92 Å². The van der Waals surface area contributed by atoms with E-state index in [9.17, 15) is 9.59 Å². The number of nitrogens with one attached hydrogen (secondary N) is 1. The summed E-state index contributed by atoms with van der Waals surface area (Å²) in [5.41, 5.74) is 0.909. The third-order valence-electron chi connectivity index (χ3n) is 5.94. The van der Waals surface area contributed by atoms with E-state index in [1.807, 2.05) is 16.8 Å². The van der Waals surface area contributed by atoms with Gasteiger partial charge in [0.15, 0.2) is 0 Å². The van der Waals surface area contributed by atoms with E-state index in [4.69, 9.17) is 0 Å². The van der Waals surface area contributed by atoms with Crippen LogP contribution in [0.15, 0.2) is 52.4 Å². The van der Waals surface area contributed by atoms with Gasteiger partial charge in [-0.2, -0.15) is 5.10 Å². The Kier molecular flexibility index (Phi) is 3.89. The van der Waals surface area contributed by atoms with E-state index < -0.39 is 0 Å². The smallest absolute Gasteiger partial charge is 0.265 e. The number of aromatic nitrogens is 5. The summed E-state index contributed by atoms with van der Waals surface area (Å²) in [5.74, 6) is 1.04. The highest BCUT2D eigenvalue weighted by atomic mass is 16.1. The van der Waals surface area contributed by atoms with Crippen molar-refractivity contribution in [2.45, 2.75) is 38.6 Å². The molecule has 4 aromatic rings. The Morgan fingerprint density at radius 3 is 2.50 bits per heavy atom. The summed E-state index contributed by atoms with van der Waals surface area (Å²) in [7, 11) is 0. The summed E-state index contributed by atoms with van der Waals surface area (Å²) in [6.07, 6.45) is 9.64. The van der Waals surface area contributed by atoms with E-state index in [0.29, 0.717) is 33.5 Å². The van der Waals surface area contributed by atoms with Crippen molar-refractivity contribution in [2.75, 3.05) is 0 Å². The molecule has 142 valence electrons. The third kappa shape index (κ3) is 2.58. The van der Waals surface area contributed by atoms with Crippen molar-refractivity contribution < 1.29 is 0 Å². The van der Waals surface area contributed by atoms with Crippen molar-refractivity contribution in [3.05, 3.63) is 63.6 Å². The van der Waals surface area contributed by atoms with Gasteiger partial charge in [-0.3, -0.25) is 19.3 Å². The lowest BCUT2D eigenvalue weighted by Gasteiger charge is -2.30. The molecular formula is C21H21N5O2. The molecule has 0 amide bonds. The average molecular weight is 375 g/mol. The monoisotopic (exact) mass is 375 g/mol. The van der Waals surface area contributed by atoms with Gasteiger partial charge in [0.05, 0.1) is 28.0 Å². The summed E-state index contributed by atoms with van der Waals surface area (Å²) < 4.78 is 3.32. The molecule has 0 aromatic carbocycles. The van der Waals surface area contributed by atoms with Crippen LogP contribution >= 0.6 is 0 Å². The second-order valence-corrected chi connectivity index (χ2v) is 7.64. The minimum atomic E-state index is -0.225. The molecule has 7 heteroatoms. The summed E-state index contributed by atoms with van der Waals surface area (Å²) in [5, 5.41) is 7.61. The molecule has 1 fully saturated rings. The van der Waals surface area contributed by atoms with Gasteiger partial charge in [-0.05, 0) is 37.0 Å². The number of rotatable bonds is 2. The summed E-state index contributed by atoms with van der Waals surface area (Å²) in [4.78, 5) is 30.8. The first-order valence-electron chi connectivity index (χ1n) is 9.70. The number of hydrogen-bond donors (Lipinski definition) is 1. The van der Waals surface area contributed by atoms with Crippen LogP contribution in [0.2, 0.25) is 0 Å². The van der Waals surface area contributed by atoms with E-state index in [-0.39, 0.29) is 17.2 Å². The molecule has 0 saturated heterocycles. The van der Waals surface area contributed by atoms with Crippen molar-refractivity contribution in [1.29, 1.82) is 0 Å². The van der Waals surface area contributed by atoms with E-state index >= 15 is 0 Å². The lowest BCUT2D eigenvalue weighted by Crippen LogP contribution is -2.30. The van der Waals surface area contributed by atoms with Gasteiger partial charge in [-0.25, -0.2) is 4.98 Å². The first-order valence-corrected chi connectivity index (χ1v) is 9.70. The quantitative estimate of drug-likeness (QED) is 0.545. The van der Waals surface area contributed by atoms with E-state index in [0.717, 1.165) is 19.3 Å².